The van der Waals surface area contributed by atoms with Gasteiger partial charge >= 0.3 is 0 Å². The predicted octanol–water partition coefficient (Wildman–Crippen LogP) is 2.10. The first kappa shape index (κ1) is 10.4. The van der Waals surface area contributed by atoms with Gasteiger partial charge in [-0.15, -0.1) is 11.6 Å². The average Bonchev–Trinajstić information content (AvgIpc) is 2.47. The van der Waals surface area contributed by atoms with E-state index >= 15 is 0 Å². The Labute approximate surface area is 84.1 Å². The lowest BCUT2D eigenvalue weighted by atomic mass is 10.1. The van der Waals surface area contributed by atoms with Crippen LogP contribution < -0.4 is 5.32 Å². The monoisotopic (exact) mass is 201 g/mol. The highest BCUT2D eigenvalue weighted by Crippen LogP contribution is 2.10. The van der Waals surface area contributed by atoms with Gasteiger partial charge in [-0.05, 0) is 5.92 Å². The predicted molar refractivity (Wildman–Crippen MR) is 56.2 cm³/mol. The molecule has 3 nitrogen and oxygen atoms in total. The van der Waals surface area contributed by atoms with Crippen LogP contribution in [-0.4, -0.2) is 21.5 Å². The van der Waals surface area contributed by atoms with Gasteiger partial charge in [0.05, 0.1) is 5.38 Å². The Morgan fingerprint density at radius 2 is 2.31 bits per heavy atom. The largest absolute Gasteiger partial charge is 0.354 e. The van der Waals surface area contributed by atoms with Gasteiger partial charge in [-0.1, -0.05) is 13.8 Å². The Kier molecular flexibility index (Phi) is 3.60. The third kappa shape index (κ3) is 2.92. The van der Waals surface area contributed by atoms with E-state index in [-0.39, 0.29) is 5.38 Å². The molecule has 1 atom stereocenters. The van der Waals surface area contributed by atoms with Crippen molar-refractivity contribution in [3.8, 4) is 0 Å². The highest BCUT2D eigenvalue weighted by molar-refractivity contribution is 6.21. The van der Waals surface area contributed by atoms with Crippen LogP contribution in [0.15, 0.2) is 12.4 Å². The maximum absolute atomic E-state index is 6.09. The average molecular weight is 202 g/mol. The number of nitrogens with zero attached hydrogens (tertiary/aromatic N) is 2. The Morgan fingerprint density at radius 1 is 1.62 bits per heavy atom. The number of rotatable bonds is 4. The fourth-order valence-corrected chi connectivity index (χ4v) is 1.04. The molecule has 0 aliphatic heterocycles. The van der Waals surface area contributed by atoms with Crippen LogP contribution >= 0.6 is 11.6 Å². The fourth-order valence-electron chi connectivity index (χ4n) is 0.960. The molecule has 1 rings (SSSR count). The number of aromatic nitrogens is 2. The zero-order valence-electron chi connectivity index (χ0n) is 8.29. The Hall–Kier alpha value is -0.700. The maximum Gasteiger partial charge on any atom is 0.202 e. The number of hydrogen-bond donors (Lipinski definition) is 1. The fraction of sp³-hybridized carbons (Fsp3) is 0.667. The highest BCUT2D eigenvalue weighted by Gasteiger charge is 2.09. The van der Waals surface area contributed by atoms with Crippen molar-refractivity contribution < 1.29 is 0 Å². The van der Waals surface area contributed by atoms with Crippen molar-refractivity contribution in [2.45, 2.75) is 19.2 Å². The number of nitrogens with one attached hydrogen (secondary N) is 1. The minimum absolute atomic E-state index is 0.150. The number of anilines is 1. The first-order valence-corrected chi connectivity index (χ1v) is 4.90. The molecule has 0 amide bonds. The van der Waals surface area contributed by atoms with Crippen molar-refractivity contribution in [2.24, 2.45) is 13.0 Å². The number of hydrogen-bond acceptors (Lipinski definition) is 2. The molecule has 13 heavy (non-hydrogen) atoms. The number of imidazole rings is 1. The van der Waals surface area contributed by atoms with Crippen molar-refractivity contribution in [3.05, 3.63) is 12.4 Å². The van der Waals surface area contributed by atoms with Gasteiger partial charge in [0.25, 0.3) is 0 Å². The Bertz CT molecular complexity index is 257. The lowest BCUT2D eigenvalue weighted by Gasteiger charge is -2.14. The molecule has 0 radical (unpaired) electrons. The van der Waals surface area contributed by atoms with Crippen LogP contribution in [-0.2, 0) is 7.05 Å². The third-order valence-electron chi connectivity index (χ3n) is 2.00. The van der Waals surface area contributed by atoms with Gasteiger partial charge in [0, 0.05) is 26.0 Å². The standard InChI is InChI=1S/C9H16ClN3/c1-7(2)8(10)6-12-9-11-4-5-13(9)3/h4-5,7-8H,6H2,1-3H3,(H,11,12). The van der Waals surface area contributed by atoms with Crippen molar-refractivity contribution in [1.82, 2.24) is 9.55 Å². The zero-order valence-corrected chi connectivity index (χ0v) is 9.04. The first-order chi connectivity index (χ1) is 6.11. The first-order valence-electron chi connectivity index (χ1n) is 4.46. The van der Waals surface area contributed by atoms with E-state index in [1.54, 1.807) is 6.20 Å². The maximum atomic E-state index is 6.09. The molecule has 0 saturated heterocycles. The summed E-state index contributed by atoms with van der Waals surface area (Å²) in [7, 11) is 1.95. The lowest BCUT2D eigenvalue weighted by molar-refractivity contribution is 0.614. The lowest BCUT2D eigenvalue weighted by Crippen LogP contribution is -2.20. The van der Waals surface area contributed by atoms with E-state index in [1.165, 1.54) is 0 Å². The van der Waals surface area contributed by atoms with E-state index in [1.807, 2.05) is 17.8 Å². The van der Waals surface area contributed by atoms with E-state index in [9.17, 15) is 0 Å². The molecule has 0 fully saturated rings. The quantitative estimate of drug-likeness (QED) is 0.757. The van der Waals surface area contributed by atoms with Crippen LogP contribution in [0.5, 0.6) is 0 Å². The van der Waals surface area contributed by atoms with E-state index in [0.29, 0.717) is 5.92 Å². The topological polar surface area (TPSA) is 29.9 Å². The molecule has 0 aromatic carbocycles. The summed E-state index contributed by atoms with van der Waals surface area (Å²) < 4.78 is 1.93. The minimum Gasteiger partial charge on any atom is -0.354 e. The smallest absolute Gasteiger partial charge is 0.202 e. The van der Waals surface area contributed by atoms with Crippen LogP contribution in [0.25, 0.3) is 0 Å². The normalized spacial score (nSPS) is 13.3. The molecule has 0 bridgehead atoms. The van der Waals surface area contributed by atoms with Gasteiger partial charge in [-0.2, -0.15) is 0 Å². The van der Waals surface area contributed by atoms with Gasteiger partial charge in [0.1, 0.15) is 0 Å². The molecule has 74 valence electrons. The minimum atomic E-state index is 0.150. The summed E-state index contributed by atoms with van der Waals surface area (Å²) in [5.41, 5.74) is 0. The molecule has 1 N–H and O–H groups in total. The summed E-state index contributed by atoms with van der Waals surface area (Å²) in [5, 5.41) is 3.34. The third-order valence-corrected chi connectivity index (χ3v) is 2.66. The van der Waals surface area contributed by atoms with Gasteiger partial charge in [-0.25, -0.2) is 4.98 Å². The molecule has 0 aliphatic carbocycles. The summed E-state index contributed by atoms with van der Waals surface area (Å²) >= 11 is 6.09. The van der Waals surface area contributed by atoms with Crippen LogP contribution in [0, 0.1) is 5.92 Å². The second-order valence-electron chi connectivity index (χ2n) is 3.50. The van der Waals surface area contributed by atoms with Crippen LogP contribution in [0.2, 0.25) is 0 Å². The Balaban J connectivity index is 2.39. The van der Waals surface area contributed by atoms with Gasteiger partial charge in [0.2, 0.25) is 5.95 Å². The van der Waals surface area contributed by atoms with Crippen molar-refractivity contribution in [2.75, 3.05) is 11.9 Å². The molecule has 4 heteroatoms. The number of alkyl halides is 1. The zero-order chi connectivity index (χ0) is 9.84. The highest BCUT2D eigenvalue weighted by atomic mass is 35.5. The molecule has 1 aromatic heterocycles. The van der Waals surface area contributed by atoms with Crippen molar-refractivity contribution in [1.29, 1.82) is 0 Å². The number of halogens is 1. The summed E-state index contributed by atoms with van der Waals surface area (Å²) in [6, 6.07) is 0. The van der Waals surface area contributed by atoms with Crippen molar-refractivity contribution >= 4 is 17.5 Å². The molecule has 1 heterocycles. The number of aryl methyl sites for hydroxylation is 1. The summed E-state index contributed by atoms with van der Waals surface area (Å²) in [6.45, 7) is 4.97. The summed E-state index contributed by atoms with van der Waals surface area (Å²) in [6.07, 6.45) is 3.67. The SMILES string of the molecule is CC(C)C(Cl)CNc1nccn1C. The second kappa shape index (κ2) is 4.51. The molecule has 0 saturated carbocycles. The van der Waals surface area contributed by atoms with E-state index < -0.39 is 0 Å². The van der Waals surface area contributed by atoms with Gasteiger partial charge in [0.15, 0.2) is 0 Å². The van der Waals surface area contributed by atoms with Crippen LogP contribution in [0.3, 0.4) is 0 Å². The van der Waals surface area contributed by atoms with E-state index in [2.05, 4.69) is 24.1 Å². The molecule has 1 aromatic rings. The van der Waals surface area contributed by atoms with Gasteiger partial charge < -0.3 is 9.88 Å². The second-order valence-corrected chi connectivity index (χ2v) is 4.06. The summed E-state index contributed by atoms with van der Waals surface area (Å²) in [4.78, 5) is 4.14. The molecular weight excluding hydrogens is 186 g/mol. The molecule has 0 aliphatic rings. The van der Waals surface area contributed by atoms with Crippen LogP contribution in [0.4, 0.5) is 5.95 Å². The van der Waals surface area contributed by atoms with Crippen molar-refractivity contribution in [3.63, 3.8) is 0 Å². The van der Waals surface area contributed by atoms with Gasteiger partial charge in [-0.3, -0.25) is 0 Å². The van der Waals surface area contributed by atoms with E-state index in [0.717, 1.165) is 12.5 Å². The molecule has 1 unspecified atom stereocenters. The van der Waals surface area contributed by atoms with E-state index in [4.69, 9.17) is 11.6 Å². The Morgan fingerprint density at radius 3 is 2.77 bits per heavy atom. The summed E-state index contributed by atoms with van der Waals surface area (Å²) in [5.74, 6) is 1.35. The molecular formula is C9H16ClN3. The molecule has 0 spiro atoms. The van der Waals surface area contributed by atoms with Crippen LogP contribution in [0.1, 0.15) is 13.8 Å².